The molecule has 1 aromatic carbocycles. The number of halogens is 1. The number of carbonyl (C=O) groups is 3. The summed E-state index contributed by atoms with van der Waals surface area (Å²) in [6, 6.07) is 6.22. The smallest absolute Gasteiger partial charge is 0.324 e. The third-order valence-corrected chi connectivity index (χ3v) is 6.94. The van der Waals surface area contributed by atoms with Crippen LogP contribution >= 0.6 is 12.4 Å². The Kier molecular flexibility index (Phi) is 8.08. The average molecular weight is 568 g/mol. The van der Waals surface area contributed by atoms with Crippen molar-refractivity contribution < 1.29 is 18.9 Å². The predicted octanol–water partition coefficient (Wildman–Crippen LogP) is 5.17. The Hall–Kier alpha value is -4.09. The van der Waals surface area contributed by atoms with E-state index in [-0.39, 0.29) is 35.7 Å². The van der Waals surface area contributed by atoms with E-state index in [4.69, 9.17) is 4.52 Å². The van der Waals surface area contributed by atoms with Crippen molar-refractivity contribution in [2.45, 2.75) is 58.9 Å². The molecule has 2 aliphatic heterocycles. The fourth-order valence-corrected chi connectivity index (χ4v) is 4.75. The first kappa shape index (κ1) is 28.9. The van der Waals surface area contributed by atoms with Gasteiger partial charge >= 0.3 is 6.03 Å². The molecule has 0 saturated carbocycles. The Bertz CT molecular complexity index is 1490. The number of aromatic amines is 1. The molecule has 1 fully saturated rings. The Morgan fingerprint density at radius 3 is 2.58 bits per heavy atom. The van der Waals surface area contributed by atoms with Crippen molar-refractivity contribution in [1.29, 1.82) is 0 Å². The SMILES string of the molecule is Cc1[nH]c(C=C2C(=O)Nc3cc(NC(=O)Nc4cc(C(C)(C)C)on4)ccc32)c(C)c1NC(=O)C1CCCN1.Cl. The van der Waals surface area contributed by atoms with Crippen LogP contribution in [-0.2, 0) is 15.0 Å². The maximum Gasteiger partial charge on any atom is 0.324 e. The second-order valence-corrected chi connectivity index (χ2v) is 11.0. The fraction of sp³-hybridized carbons (Fsp3) is 0.357. The molecule has 1 saturated heterocycles. The zero-order valence-electron chi connectivity index (χ0n) is 23.1. The molecule has 0 spiro atoms. The van der Waals surface area contributed by atoms with E-state index >= 15 is 0 Å². The summed E-state index contributed by atoms with van der Waals surface area (Å²) in [6.07, 6.45) is 3.58. The van der Waals surface area contributed by atoms with Gasteiger partial charge in [-0.2, -0.15) is 0 Å². The van der Waals surface area contributed by atoms with Crippen LogP contribution in [0.15, 0.2) is 28.8 Å². The minimum atomic E-state index is -0.483. The zero-order valence-corrected chi connectivity index (χ0v) is 23.9. The highest BCUT2D eigenvalue weighted by Crippen LogP contribution is 2.36. The molecular formula is C28H34ClN7O4. The lowest BCUT2D eigenvalue weighted by atomic mass is 9.93. The number of hydrogen-bond donors (Lipinski definition) is 6. The summed E-state index contributed by atoms with van der Waals surface area (Å²) >= 11 is 0. The second kappa shape index (κ2) is 11.2. The quantitative estimate of drug-likeness (QED) is 0.234. The number of fused-ring (bicyclic) bond motifs is 1. The van der Waals surface area contributed by atoms with Crippen molar-refractivity contribution in [3.05, 3.63) is 52.5 Å². The molecule has 1 unspecified atom stereocenters. The minimum absolute atomic E-state index is 0. The van der Waals surface area contributed by atoms with Crippen LogP contribution in [0, 0.1) is 13.8 Å². The van der Waals surface area contributed by atoms with E-state index in [1.54, 1.807) is 30.3 Å². The molecule has 1 atom stereocenters. The van der Waals surface area contributed by atoms with Gasteiger partial charge in [0.15, 0.2) is 5.82 Å². The van der Waals surface area contributed by atoms with Crippen molar-refractivity contribution >= 4 is 64.8 Å². The van der Waals surface area contributed by atoms with Gasteiger partial charge in [-0.25, -0.2) is 4.79 Å². The molecule has 12 heteroatoms. The molecule has 0 bridgehead atoms. The number of aromatic nitrogens is 2. The molecule has 6 N–H and O–H groups in total. The van der Waals surface area contributed by atoms with Gasteiger partial charge in [0.1, 0.15) is 5.76 Å². The van der Waals surface area contributed by atoms with Crippen molar-refractivity contribution in [3.8, 4) is 0 Å². The Morgan fingerprint density at radius 2 is 1.90 bits per heavy atom. The lowest BCUT2D eigenvalue weighted by Gasteiger charge is -2.12. The van der Waals surface area contributed by atoms with Crippen LogP contribution in [0.25, 0.3) is 11.6 Å². The number of hydrogen-bond acceptors (Lipinski definition) is 6. The number of nitrogens with one attached hydrogen (secondary N) is 6. The fourth-order valence-electron chi connectivity index (χ4n) is 4.75. The normalized spacial score (nSPS) is 17.3. The highest BCUT2D eigenvalue weighted by molar-refractivity contribution is 6.35. The van der Waals surface area contributed by atoms with Gasteiger partial charge in [0, 0.05) is 34.1 Å². The van der Waals surface area contributed by atoms with Crippen molar-refractivity contribution in [1.82, 2.24) is 15.5 Å². The van der Waals surface area contributed by atoms with E-state index in [1.165, 1.54) is 0 Å². The number of anilines is 4. The molecule has 0 radical (unpaired) electrons. The van der Waals surface area contributed by atoms with E-state index in [0.29, 0.717) is 34.1 Å². The summed E-state index contributed by atoms with van der Waals surface area (Å²) in [4.78, 5) is 41.3. The third kappa shape index (κ3) is 5.90. The van der Waals surface area contributed by atoms with Crippen LogP contribution in [0.4, 0.5) is 27.7 Å². The first-order valence-electron chi connectivity index (χ1n) is 13.0. The Labute approximate surface area is 238 Å². The monoisotopic (exact) mass is 567 g/mol. The van der Waals surface area contributed by atoms with Gasteiger partial charge in [-0.05, 0) is 57.0 Å². The van der Waals surface area contributed by atoms with Gasteiger partial charge in [-0.1, -0.05) is 32.0 Å². The molecular weight excluding hydrogens is 534 g/mol. The summed E-state index contributed by atoms with van der Waals surface area (Å²) < 4.78 is 5.30. The van der Waals surface area contributed by atoms with Crippen LogP contribution in [0.2, 0.25) is 0 Å². The number of aryl methyl sites for hydroxylation is 1. The number of benzene rings is 1. The molecule has 212 valence electrons. The summed E-state index contributed by atoms with van der Waals surface area (Å²) in [5, 5.41) is 18.4. The lowest BCUT2D eigenvalue weighted by Crippen LogP contribution is -2.35. The van der Waals surface area contributed by atoms with Gasteiger partial charge in [-0.3, -0.25) is 14.9 Å². The number of urea groups is 1. The number of amides is 4. The van der Waals surface area contributed by atoms with Gasteiger partial charge in [-0.15, -0.1) is 12.4 Å². The van der Waals surface area contributed by atoms with Gasteiger partial charge in [0.25, 0.3) is 5.91 Å². The standard InChI is InChI=1S/C28H33N7O4.ClH/c1-14-20(30-15(2)24(14)34-26(37)19-7-6-10-29-19)12-18-17-9-8-16(11-21(17)32-25(18)36)31-27(38)33-23-13-22(39-35-23)28(3,4)5;/h8-9,11-13,19,29-30H,6-7,10H2,1-5H3,(H,32,36)(H,34,37)(H2,31,33,35,38);1H. The number of H-pyrrole nitrogens is 1. The number of carbonyl (C=O) groups excluding carboxylic acids is 3. The largest absolute Gasteiger partial charge is 0.359 e. The van der Waals surface area contributed by atoms with Crippen molar-refractivity contribution in [2.75, 3.05) is 27.8 Å². The molecule has 4 heterocycles. The molecule has 11 nitrogen and oxygen atoms in total. The first-order valence-corrected chi connectivity index (χ1v) is 13.0. The Balaban J connectivity index is 0.00000370. The summed E-state index contributed by atoms with van der Waals surface area (Å²) in [5.41, 5.74) is 5.19. The van der Waals surface area contributed by atoms with Gasteiger partial charge < -0.3 is 30.8 Å². The maximum atomic E-state index is 12.9. The van der Waals surface area contributed by atoms with E-state index in [2.05, 4.69) is 36.7 Å². The molecule has 0 aliphatic carbocycles. The summed E-state index contributed by atoms with van der Waals surface area (Å²) in [7, 11) is 0. The van der Waals surface area contributed by atoms with Crippen LogP contribution in [0.1, 0.15) is 61.9 Å². The van der Waals surface area contributed by atoms with Crippen LogP contribution in [0.3, 0.4) is 0 Å². The van der Waals surface area contributed by atoms with Crippen LogP contribution < -0.4 is 26.6 Å². The summed E-state index contributed by atoms with van der Waals surface area (Å²) in [5.74, 6) is 0.661. The van der Waals surface area contributed by atoms with E-state index < -0.39 is 6.03 Å². The van der Waals surface area contributed by atoms with Crippen LogP contribution in [-0.4, -0.2) is 40.6 Å². The molecule has 40 heavy (non-hydrogen) atoms. The highest BCUT2D eigenvalue weighted by Gasteiger charge is 2.27. The number of rotatable bonds is 5. The molecule has 3 aromatic rings. The van der Waals surface area contributed by atoms with E-state index in [0.717, 1.165) is 42.0 Å². The predicted molar refractivity (Wildman–Crippen MR) is 158 cm³/mol. The number of nitrogens with zero attached hydrogens (tertiary/aromatic N) is 1. The van der Waals surface area contributed by atoms with E-state index in [9.17, 15) is 14.4 Å². The van der Waals surface area contributed by atoms with Crippen LogP contribution in [0.5, 0.6) is 0 Å². The zero-order chi connectivity index (χ0) is 27.9. The average Bonchev–Trinajstić information content (AvgIpc) is 3.65. The highest BCUT2D eigenvalue weighted by atomic mass is 35.5. The topological polar surface area (TPSA) is 153 Å². The Morgan fingerprint density at radius 1 is 1.12 bits per heavy atom. The summed E-state index contributed by atoms with van der Waals surface area (Å²) in [6.45, 7) is 10.6. The maximum absolute atomic E-state index is 12.9. The van der Waals surface area contributed by atoms with Gasteiger partial charge in [0.2, 0.25) is 5.91 Å². The molecule has 4 amide bonds. The molecule has 2 aliphatic rings. The minimum Gasteiger partial charge on any atom is -0.359 e. The van der Waals surface area contributed by atoms with Crippen molar-refractivity contribution in [2.24, 2.45) is 0 Å². The molecule has 5 rings (SSSR count). The molecule has 2 aromatic heterocycles. The second-order valence-electron chi connectivity index (χ2n) is 11.0. The van der Waals surface area contributed by atoms with Gasteiger partial charge in [0.05, 0.1) is 23.0 Å². The lowest BCUT2D eigenvalue weighted by molar-refractivity contribution is -0.117. The third-order valence-electron chi connectivity index (χ3n) is 6.94. The van der Waals surface area contributed by atoms with E-state index in [1.807, 2.05) is 34.6 Å². The first-order chi connectivity index (χ1) is 18.5. The van der Waals surface area contributed by atoms with Crippen molar-refractivity contribution in [3.63, 3.8) is 0 Å².